The van der Waals surface area contributed by atoms with E-state index in [9.17, 15) is 0 Å². The Hall–Kier alpha value is -7.21. The van der Waals surface area contributed by atoms with Crippen LogP contribution in [0.15, 0.2) is 194 Å². The van der Waals surface area contributed by atoms with Gasteiger partial charge in [-0.05, 0) is 63.7 Å². The van der Waals surface area contributed by atoms with Crippen LogP contribution in [0.25, 0.3) is 104 Å². The zero-order chi connectivity index (χ0) is 37.0. The Morgan fingerprint density at radius 3 is 1.62 bits per heavy atom. The smallest absolute Gasteiger partial charge is 0.238 e. The molecular formula is C51H32N4S. The van der Waals surface area contributed by atoms with E-state index in [0.29, 0.717) is 17.6 Å². The molecule has 0 N–H and O–H groups in total. The van der Waals surface area contributed by atoms with Crippen LogP contribution in [0, 0.1) is 0 Å². The standard InChI is InChI=1S/C51H32N4S/c1-4-13-33(14-5-1)35-23-25-36(26-24-35)38-28-30-47-44(31-38)42-20-12-21-43(48(42)56-47)50-52-49(37-17-8-3-9-18-37)53-51(54-50)55-45-22-11-10-19-40(45)41-29-27-39(32-46(41)55)34-15-6-2-7-16-34/h1-32H. The van der Waals surface area contributed by atoms with E-state index in [1.165, 1.54) is 37.7 Å². The van der Waals surface area contributed by atoms with E-state index >= 15 is 0 Å². The van der Waals surface area contributed by atoms with E-state index in [2.05, 4.69) is 180 Å². The first-order valence-electron chi connectivity index (χ1n) is 18.8. The second-order valence-electron chi connectivity index (χ2n) is 14.0. The van der Waals surface area contributed by atoms with E-state index in [0.717, 1.165) is 48.8 Å². The van der Waals surface area contributed by atoms with Crippen molar-refractivity contribution in [2.45, 2.75) is 0 Å². The summed E-state index contributed by atoms with van der Waals surface area (Å²) in [5.74, 6) is 1.87. The molecule has 8 aromatic carbocycles. The third-order valence-corrected chi connectivity index (χ3v) is 11.9. The lowest BCUT2D eigenvalue weighted by Gasteiger charge is -2.12. The molecule has 3 heterocycles. The van der Waals surface area contributed by atoms with E-state index in [1.54, 1.807) is 11.3 Å². The van der Waals surface area contributed by atoms with Gasteiger partial charge in [-0.1, -0.05) is 164 Å². The summed E-state index contributed by atoms with van der Waals surface area (Å²) >= 11 is 1.79. The molecule has 0 saturated heterocycles. The second-order valence-corrected chi connectivity index (χ2v) is 15.1. The van der Waals surface area contributed by atoms with Gasteiger partial charge >= 0.3 is 0 Å². The summed E-state index contributed by atoms with van der Waals surface area (Å²) in [5.41, 5.74) is 11.1. The average molecular weight is 733 g/mol. The highest BCUT2D eigenvalue weighted by Crippen LogP contribution is 2.42. The molecule has 56 heavy (non-hydrogen) atoms. The fraction of sp³-hybridized carbons (Fsp3) is 0. The van der Waals surface area contributed by atoms with Gasteiger partial charge < -0.3 is 0 Å². The Morgan fingerprint density at radius 1 is 0.339 bits per heavy atom. The number of aromatic nitrogens is 4. The van der Waals surface area contributed by atoms with Crippen LogP contribution in [-0.2, 0) is 0 Å². The lowest BCUT2D eigenvalue weighted by molar-refractivity contribution is 0.954. The number of nitrogens with zero attached hydrogens (tertiary/aromatic N) is 4. The van der Waals surface area contributed by atoms with Crippen LogP contribution in [0.5, 0.6) is 0 Å². The van der Waals surface area contributed by atoms with Crippen LogP contribution in [0.1, 0.15) is 0 Å². The maximum absolute atomic E-state index is 5.34. The molecule has 11 rings (SSSR count). The number of fused-ring (bicyclic) bond motifs is 6. The monoisotopic (exact) mass is 732 g/mol. The molecule has 0 fully saturated rings. The van der Waals surface area contributed by atoms with Crippen LogP contribution < -0.4 is 0 Å². The van der Waals surface area contributed by atoms with Gasteiger partial charge in [0.15, 0.2) is 11.6 Å². The highest BCUT2D eigenvalue weighted by molar-refractivity contribution is 7.26. The topological polar surface area (TPSA) is 43.6 Å². The first-order chi connectivity index (χ1) is 27.7. The van der Waals surface area contributed by atoms with E-state index in [1.807, 2.05) is 18.2 Å². The van der Waals surface area contributed by atoms with Crippen molar-refractivity contribution < 1.29 is 0 Å². The molecular weight excluding hydrogens is 701 g/mol. The van der Waals surface area contributed by atoms with Crippen molar-refractivity contribution in [3.8, 4) is 62.1 Å². The van der Waals surface area contributed by atoms with Gasteiger partial charge in [-0.2, -0.15) is 9.97 Å². The molecule has 0 aliphatic rings. The minimum atomic E-state index is 0.588. The zero-order valence-corrected chi connectivity index (χ0v) is 31.0. The van der Waals surface area contributed by atoms with Gasteiger partial charge in [0.2, 0.25) is 5.95 Å². The SMILES string of the molecule is c1ccc(-c2ccc(-c3ccc4sc5c(-c6nc(-c7ccccc7)nc(-n7c8ccccc8c8ccc(-c9ccccc9)cc87)n6)cccc5c4c3)cc2)cc1. The number of rotatable bonds is 6. The Morgan fingerprint density at radius 2 is 0.875 bits per heavy atom. The maximum atomic E-state index is 5.34. The molecule has 0 aliphatic heterocycles. The molecule has 0 amide bonds. The van der Waals surface area contributed by atoms with Crippen LogP contribution in [0.3, 0.4) is 0 Å². The van der Waals surface area contributed by atoms with Crippen molar-refractivity contribution in [3.63, 3.8) is 0 Å². The Labute approximate surface area is 327 Å². The van der Waals surface area contributed by atoms with E-state index in [-0.39, 0.29) is 0 Å². The van der Waals surface area contributed by atoms with Crippen molar-refractivity contribution in [1.82, 2.24) is 19.5 Å². The summed E-state index contributed by atoms with van der Waals surface area (Å²) in [6, 6.07) is 68.6. The molecule has 0 aliphatic carbocycles. The second kappa shape index (κ2) is 13.3. The van der Waals surface area contributed by atoms with Crippen LogP contribution in [-0.4, -0.2) is 19.5 Å². The molecule has 0 unspecified atom stereocenters. The number of thiophene rings is 1. The van der Waals surface area contributed by atoms with Gasteiger partial charge in [-0.15, -0.1) is 11.3 Å². The molecule has 11 aromatic rings. The first kappa shape index (κ1) is 32.2. The summed E-state index contributed by atoms with van der Waals surface area (Å²) in [6.07, 6.45) is 0. The average Bonchev–Trinajstić information content (AvgIpc) is 3.82. The summed E-state index contributed by atoms with van der Waals surface area (Å²) in [4.78, 5) is 15.8. The third kappa shape index (κ3) is 5.48. The lowest BCUT2D eigenvalue weighted by Crippen LogP contribution is -2.06. The summed E-state index contributed by atoms with van der Waals surface area (Å²) in [7, 11) is 0. The Kier molecular flexibility index (Phi) is 7.64. The molecule has 0 saturated carbocycles. The highest BCUT2D eigenvalue weighted by atomic mass is 32.1. The van der Waals surface area contributed by atoms with Crippen molar-refractivity contribution >= 4 is 53.3 Å². The summed E-state index contributed by atoms with van der Waals surface area (Å²) in [5, 5.41) is 4.73. The van der Waals surface area contributed by atoms with Gasteiger partial charge in [0.05, 0.1) is 11.0 Å². The summed E-state index contributed by atoms with van der Waals surface area (Å²) < 4.78 is 4.59. The molecule has 0 bridgehead atoms. The number of hydrogen-bond donors (Lipinski definition) is 0. The molecule has 3 aromatic heterocycles. The van der Waals surface area contributed by atoms with Crippen molar-refractivity contribution in [2.24, 2.45) is 0 Å². The van der Waals surface area contributed by atoms with Crippen molar-refractivity contribution in [1.29, 1.82) is 0 Å². The van der Waals surface area contributed by atoms with Crippen LogP contribution in [0.2, 0.25) is 0 Å². The first-order valence-corrected chi connectivity index (χ1v) is 19.6. The fourth-order valence-corrected chi connectivity index (χ4v) is 9.13. The molecule has 5 heteroatoms. The van der Waals surface area contributed by atoms with Gasteiger partial charge in [-0.25, -0.2) is 4.98 Å². The quantitative estimate of drug-likeness (QED) is 0.171. The minimum absolute atomic E-state index is 0.588. The fourth-order valence-electron chi connectivity index (χ4n) is 7.94. The molecule has 4 nitrogen and oxygen atoms in total. The predicted octanol–water partition coefficient (Wildman–Crippen LogP) is 13.7. The predicted molar refractivity (Wildman–Crippen MR) is 234 cm³/mol. The minimum Gasteiger partial charge on any atom is -0.278 e. The molecule has 262 valence electrons. The molecule has 0 spiro atoms. The van der Waals surface area contributed by atoms with Gasteiger partial charge in [-0.3, -0.25) is 4.57 Å². The lowest BCUT2D eigenvalue weighted by atomic mass is 9.99. The Bertz CT molecular complexity index is 3220. The zero-order valence-electron chi connectivity index (χ0n) is 30.2. The van der Waals surface area contributed by atoms with Crippen LogP contribution >= 0.6 is 11.3 Å². The van der Waals surface area contributed by atoms with E-state index in [4.69, 9.17) is 15.0 Å². The van der Waals surface area contributed by atoms with Gasteiger partial charge in [0, 0.05) is 42.1 Å². The third-order valence-electron chi connectivity index (χ3n) is 10.7. The molecule has 0 atom stereocenters. The van der Waals surface area contributed by atoms with E-state index < -0.39 is 0 Å². The highest BCUT2D eigenvalue weighted by Gasteiger charge is 2.20. The number of para-hydroxylation sites is 1. The van der Waals surface area contributed by atoms with Crippen molar-refractivity contribution in [3.05, 3.63) is 194 Å². The van der Waals surface area contributed by atoms with Crippen molar-refractivity contribution in [2.75, 3.05) is 0 Å². The number of benzene rings is 8. The maximum Gasteiger partial charge on any atom is 0.238 e. The van der Waals surface area contributed by atoms with Gasteiger partial charge in [0.25, 0.3) is 0 Å². The van der Waals surface area contributed by atoms with Crippen LogP contribution in [0.4, 0.5) is 0 Å². The summed E-state index contributed by atoms with van der Waals surface area (Å²) in [6.45, 7) is 0. The number of hydrogen-bond acceptors (Lipinski definition) is 4. The largest absolute Gasteiger partial charge is 0.278 e. The van der Waals surface area contributed by atoms with Gasteiger partial charge in [0.1, 0.15) is 0 Å². The molecule has 0 radical (unpaired) electrons. The normalized spacial score (nSPS) is 11.6. The Balaban J connectivity index is 1.09.